The molecule has 2 aromatic carbocycles. The van der Waals surface area contributed by atoms with Crippen molar-refractivity contribution in [3.05, 3.63) is 58.9 Å². The van der Waals surface area contributed by atoms with Gasteiger partial charge in [0.25, 0.3) is 0 Å². The number of aromatic nitrogens is 1. The van der Waals surface area contributed by atoms with E-state index in [-0.39, 0.29) is 11.9 Å². The van der Waals surface area contributed by atoms with Crippen LogP contribution in [0.4, 0.5) is 9.52 Å². The molecule has 1 heterocycles. The summed E-state index contributed by atoms with van der Waals surface area (Å²) in [5.74, 6) is -0.229. The summed E-state index contributed by atoms with van der Waals surface area (Å²) in [6, 6.07) is 12.2. The second-order valence-corrected chi connectivity index (χ2v) is 6.02. The standard InChI is InChI=1S/C15H12ClFN2S/c1-9(10-3-2-4-12(17)7-10)18-15-19-13-8-11(16)5-6-14(13)20-15/h2-9H,1H3,(H,18,19). The molecule has 0 spiro atoms. The summed E-state index contributed by atoms with van der Waals surface area (Å²) in [6.07, 6.45) is 0. The number of hydrogen-bond donors (Lipinski definition) is 1. The van der Waals surface area contributed by atoms with Crippen LogP contribution in [0.1, 0.15) is 18.5 Å². The van der Waals surface area contributed by atoms with Gasteiger partial charge in [0.2, 0.25) is 0 Å². The van der Waals surface area contributed by atoms with Crippen molar-refractivity contribution in [1.82, 2.24) is 4.98 Å². The zero-order chi connectivity index (χ0) is 14.1. The van der Waals surface area contributed by atoms with Crippen molar-refractivity contribution in [2.75, 3.05) is 5.32 Å². The van der Waals surface area contributed by atoms with E-state index in [2.05, 4.69) is 10.3 Å². The van der Waals surface area contributed by atoms with Gasteiger partial charge in [-0.15, -0.1) is 0 Å². The van der Waals surface area contributed by atoms with Gasteiger partial charge < -0.3 is 5.32 Å². The highest BCUT2D eigenvalue weighted by Crippen LogP contribution is 2.30. The first kappa shape index (κ1) is 13.3. The van der Waals surface area contributed by atoms with Crippen LogP contribution < -0.4 is 5.32 Å². The fraction of sp³-hybridized carbons (Fsp3) is 0.133. The van der Waals surface area contributed by atoms with Gasteiger partial charge >= 0.3 is 0 Å². The van der Waals surface area contributed by atoms with Crippen molar-refractivity contribution in [3.63, 3.8) is 0 Å². The minimum absolute atomic E-state index is 0.0123. The van der Waals surface area contributed by atoms with Crippen LogP contribution in [-0.4, -0.2) is 4.98 Å². The molecule has 20 heavy (non-hydrogen) atoms. The number of nitrogens with one attached hydrogen (secondary N) is 1. The van der Waals surface area contributed by atoms with Crippen LogP contribution in [0, 0.1) is 5.82 Å². The molecule has 0 aliphatic carbocycles. The fourth-order valence-electron chi connectivity index (χ4n) is 2.01. The Balaban J connectivity index is 1.85. The Hall–Kier alpha value is -1.65. The van der Waals surface area contributed by atoms with E-state index in [1.807, 2.05) is 31.2 Å². The van der Waals surface area contributed by atoms with Crippen LogP contribution in [0.3, 0.4) is 0 Å². The Morgan fingerprint density at radius 2 is 2.10 bits per heavy atom. The summed E-state index contributed by atoms with van der Waals surface area (Å²) in [6.45, 7) is 1.98. The van der Waals surface area contributed by atoms with E-state index >= 15 is 0 Å². The van der Waals surface area contributed by atoms with Crippen LogP contribution >= 0.6 is 22.9 Å². The molecule has 5 heteroatoms. The lowest BCUT2D eigenvalue weighted by atomic mass is 10.1. The highest BCUT2D eigenvalue weighted by Gasteiger charge is 2.10. The first-order valence-corrected chi connectivity index (χ1v) is 7.39. The number of thiazole rings is 1. The van der Waals surface area contributed by atoms with E-state index in [9.17, 15) is 4.39 Å². The number of hydrogen-bond acceptors (Lipinski definition) is 3. The second kappa shape index (κ2) is 5.38. The van der Waals surface area contributed by atoms with Gasteiger partial charge in [0, 0.05) is 5.02 Å². The van der Waals surface area contributed by atoms with Crippen LogP contribution in [-0.2, 0) is 0 Å². The molecule has 0 aliphatic rings. The van der Waals surface area contributed by atoms with Gasteiger partial charge in [-0.25, -0.2) is 9.37 Å². The molecule has 1 unspecified atom stereocenters. The van der Waals surface area contributed by atoms with Crippen LogP contribution in [0.15, 0.2) is 42.5 Å². The molecule has 0 saturated heterocycles. The zero-order valence-corrected chi connectivity index (χ0v) is 12.3. The van der Waals surface area contributed by atoms with E-state index in [0.717, 1.165) is 20.9 Å². The van der Waals surface area contributed by atoms with Crippen molar-refractivity contribution in [3.8, 4) is 0 Å². The monoisotopic (exact) mass is 306 g/mol. The third-order valence-electron chi connectivity index (χ3n) is 3.04. The van der Waals surface area contributed by atoms with E-state index in [4.69, 9.17) is 11.6 Å². The maximum atomic E-state index is 13.2. The smallest absolute Gasteiger partial charge is 0.184 e. The summed E-state index contributed by atoms with van der Waals surface area (Å²) >= 11 is 7.51. The molecule has 0 saturated carbocycles. The Bertz CT molecular complexity index is 756. The molecule has 102 valence electrons. The number of benzene rings is 2. The number of anilines is 1. The quantitative estimate of drug-likeness (QED) is 0.713. The third kappa shape index (κ3) is 2.76. The van der Waals surface area contributed by atoms with Crippen molar-refractivity contribution < 1.29 is 4.39 Å². The number of fused-ring (bicyclic) bond motifs is 1. The Kier molecular flexibility index (Phi) is 3.59. The maximum Gasteiger partial charge on any atom is 0.184 e. The summed E-state index contributed by atoms with van der Waals surface area (Å²) in [4.78, 5) is 4.49. The summed E-state index contributed by atoms with van der Waals surface area (Å²) in [7, 11) is 0. The first-order chi connectivity index (χ1) is 9.61. The van der Waals surface area contributed by atoms with E-state index in [1.165, 1.54) is 12.1 Å². The Labute approximate surface area is 125 Å². The molecule has 0 radical (unpaired) electrons. The van der Waals surface area contributed by atoms with Gasteiger partial charge in [-0.2, -0.15) is 0 Å². The van der Waals surface area contributed by atoms with Gasteiger partial charge in [-0.05, 0) is 42.8 Å². The van der Waals surface area contributed by atoms with Crippen molar-refractivity contribution in [1.29, 1.82) is 0 Å². The van der Waals surface area contributed by atoms with Crippen molar-refractivity contribution >= 4 is 38.3 Å². The van der Waals surface area contributed by atoms with Gasteiger partial charge in [0.05, 0.1) is 16.3 Å². The molecule has 0 bridgehead atoms. The van der Waals surface area contributed by atoms with Crippen molar-refractivity contribution in [2.45, 2.75) is 13.0 Å². The van der Waals surface area contributed by atoms with Gasteiger partial charge in [-0.1, -0.05) is 35.1 Å². The third-order valence-corrected chi connectivity index (χ3v) is 4.24. The molecule has 1 atom stereocenters. The maximum absolute atomic E-state index is 13.2. The fourth-order valence-corrected chi connectivity index (χ4v) is 3.11. The van der Waals surface area contributed by atoms with E-state index < -0.39 is 0 Å². The molecule has 2 nitrogen and oxygen atoms in total. The molecule has 1 aromatic heterocycles. The van der Waals surface area contributed by atoms with Crippen LogP contribution in [0.2, 0.25) is 5.02 Å². The Morgan fingerprint density at radius 1 is 1.25 bits per heavy atom. The molecule has 3 aromatic rings. The normalized spacial score (nSPS) is 12.6. The minimum Gasteiger partial charge on any atom is -0.355 e. The highest BCUT2D eigenvalue weighted by molar-refractivity contribution is 7.22. The topological polar surface area (TPSA) is 24.9 Å². The Morgan fingerprint density at radius 3 is 2.90 bits per heavy atom. The van der Waals surface area contributed by atoms with Crippen LogP contribution in [0.5, 0.6) is 0 Å². The van der Waals surface area contributed by atoms with E-state index in [0.29, 0.717) is 5.02 Å². The summed E-state index contributed by atoms with van der Waals surface area (Å²) in [5.41, 5.74) is 1.76. The SMILES string of the molecule is CC(Nc1nc2cc(Cl)ccc2s1)c1cccc(F)c1. The summed E-state index contributed by atoms with van der Waals surface area (Å²) < 4.78 is 14.3. The predicted molar refractivity (Wildman–Crippen MR) is 83.1 cm³/mol. The lowest BCUT2D eigenvalue weighted by Crippen LogP contribution is -2.06. The number of rotatable bonds is 3. The van der Waals surface area contributed by atoms with Gasteiger partial charge in [-0.3, -0.25) is 0 Å². The average molecular weight is 307 g/mol. The lowest BCUT2D eigenvalue weighted by Gasteiger charge is -2.13. The molecule has 3 rings (SSSR count). The molecular formula is C15H12ClFN2S. The molecule has 0 aliphatic heterocycles. The zero-order valence-electron chi connectivity index (χ0n) is 10.7. The van der Waals surface area contributed by atoms with Gasteiger partial charge in [0.15, 0.2) is 5.13 Å². The minimum atomic E-state index is -0.229. The van der Waals surface area contributed by atoms with Gasteiger partial charge in [0.1, 0.15) is 5.82 Å². The first-order valence-electron chi connectivity index (χ1n) is 6.20. The average Bonchev–Trinajstić information content (AvgIpc) is 2.80. The molecular weight excluding hydrogens is 295 g/mol. The van der Waals surface area contributed by atoms with E-state index in [1.54, 1.807) is 17.4 Å². The number of nitrogens with zero attached hydrogens (tertiary/aromatic N) is 1. The van der Waals surface area contributed by atoms with Crippen molar-refractivity contribution in [2.24, 2.45) is 0 Å². The highest BCUT2D eigenvalue weighted by atomic mass is 35.5. The predicted octanol–water partition coefficient (Wildman–Crippen LogP) is 5.26. The number of halogens is 2. The molecule has 1 N–H and O–H groups in total. The molecule has 0 fully saturated rings. The lowest BCUT2D eigenvalue weighted by molar-refractivity contribution is 0.623. The summed E-state index contributed by atoms with van der Waals surface area (Å²) in [5, 5.41) is 4.77. The van der Waals surface area contributed by atoms with Crippen LogP contribution in [0.25, 0.3) is 10.2 Å². The second-order valence-electron chi connectivity index (χ2n) is 4.55. The largest absolute Gasteiger partial charge is 0.355 e. The molecule has 0 amide bonds.